The molecule has 0 radical (unpaired) electrons. The molecule has 5 nitrogen and oxygen atoms in total. The van der Waals surface area contributed by atoms with E-state index in [-0.39, 0.29) is 0 Å². The highest BCUT2D eigenvalue weighted by Gasteiger charge is 2.25. The summed E-state index contributed by atoms with van der Waals surface area (Å²) in [6, 6.07) is 6.13. The van der Waals surface area contributed by atoms with Crippen molar-refractivity contribution in [2.24, 2.45) is 11.8 Å². The lowest BCUT2D eigenvalue weighted by Gasteiger charge is -2.35. The fourth-order valence-electron chi connectivity index (χ4n) is 3.99. The lowest BCUT2D eigenvalue weighted by molar-refractivity contribution is 0.341. The van der Waals surface area contributed by atoms with Gasteiger partial charge in [0.1, 0.15) is 23.1 Å². The normalized spacial score (nSPS) is 21.5. The zero-order valence-electron chi connectivity index (χ0n) is 14.5. The average molecular weight is 324 g/mol. The summed E-state index contributed by atoms with van der Waals surface area (Å²) in [7, 11) is 0. The lowest BCUT2D eigenvalue weighted by atomic mass is 9.92. The van der Waals surface area contributed by atoms with Gasteiger partial charge in [-0.2, -0.15) is 0 Å². The first kappa shape index (κ1) is 15.2. The van der Waals surface area contributed by atoms with E-state index in [1.807, 2.05) is 13.0 Å². The van der Waals surface area contributed by atoms with Gasteiger partial charge < -0.3 is 14.6 Å². The fourth-order valence-corrected chi connectivity index (χ4v) is 3.99. The molecule has 1 aliphatic rings. The van der Waals surface area contributed by atoms with Crippen LogP contribution in [0.4, 0.5) is 5.82 Å². The van der Waals surface area contributed by atoms with Crippen molar-refractivity contribution in [2.75, 3.05) is 24.6 Å². The van der Waals surface area contributed by atoms with Crippen LogP contribution in [0.1, 0.15) is 27.2 Å². The van der Waals surface area contributed by atoms with Crippen LogP contribution >= 0.6 is 0 Å². The van der Waals surface area contributed by atoms with Gasteiger partial charge in [0.25, 0.3) is 0 Å². The number of hydrogen-bond donors (Lipinski definition) is 1. The standard InChI is InChI=1S/C19H24N4O/c1-4-24-14-5-6-16-15(8-14)17-18(22-16)19(21-11-20-17)23-9-12(2)7-13(3)10-23/h5-6,8,11-13,22H,4,7,9-10H2,1-3H3/t12-,13-/m1/s1. The van der Waals surface area contributed by atoms with E-state index in [0.717, 1.165) is 46.6 Å². The van der Waals surface area contributed by atoms with Gasteiger partial charge in [-0.25, -0.2) is 9.97 Å². The third-order valence-electron chi connectivity index (χ3n) is 4.81. The summed E-state index contributed by atoms with van der Waals surface area (Å²) >= 11 is 0. The van der Waals surface area contributed by atoms with Crippen LogP contribution in [-0.4, -0.2) is 34.6 Å². The maximum atomic E-state index is 5.64. The number of anilines is 1. The highest BCUT2D eigenvalue weighted by Crippen LogP contribution is 2.33. The fraction of sp³-hybridized carbons (Fsp3) is 0.474. The molecule has 2 atom stereocenters. The molecule has 2 aromatic heterocycles. The molecule has 0 spiro atoms. The first-order chi connectivity index (χ1) is 11.7. The van der Waals surface area contributed by atoms with Gasteiger partial charge in [-0.3, -0.25) is 0 Å². The SMILES string of the molecule is CCOc1ccc2[nH]c3c(N4C[C@H](C)C[C@@H](C)C4)ncnc3c2c1. The molecule has 126 valence electrons. The van der Waals surface area contributed by atoms with Crippen LogP contribution < -0.4 is 9.64 Å². The molecule has 1 fully saturated rings. The lowest BCUT2D eigenvalue weighted by Crippen LogP contribution is -2.39. The maximum absolute atomic E-state index is 5.64. The zero-order valence-corrected chi connectivity index (χ0v) is 14.5. The Bertz CT molecular complexity index is 862. The molecule has 4 rings (SSSR count). The second-order valence-electron chi connectivity index (χ2n) is 7.04. The van der Waals surface area contributed by atoms with Crippen LogP contribution in [-0.2, 0) is 0 Å². The van der Waals surface area contributed by atoms with E-state index in [2.05, 4.69) is 45.8 Å². The molecule has 1 N–H and O–H groups in total. The Morgan fingerprint density at radius 3 is 2.75 bits per heavy atom. The van der Waals surface area contributed by atoms with E-state index >= 15 is 0 Å². The molecule has 0 unspecified atom stereocenters. The van der Waals surface area contributed by atoms with Crippen molar-refractivity contribution in [2.45, 2.75) is 27.2 Å². The highest BCUT2D eigenvalue weighted by atomic mass is 16.5. The largest absolute Gasteiger partial charge is 0.494 e. The van der Waals surface area contributed by atoms with Crippen molar-refractivity contribution < 1.29 is 4.74 Å². The van der Waals surface area contributed by atoms with E-state index < -0.39 is 0 Å². The van der Waals surface area contributed by atoms with Crippen LogP contribution in [0.5, 0.6) is 5.75 Å². The minimum Gasteiger partial charge on any atom is -0.494 e. The van der Waals surface area contributed by atoms with Crippen molar-refractivity contribution in [1.29, 1.82) is 0 Å². The molecule has 3 aromatic rings. The van der Waals surface area contributed by atoms with Crippen molar-refractivity contribution >= 4 is 27.8 Å². The van der Waals surface area contributed by atoms with Crippen LogP contribution in [0.2, 0.25) is 0 Å². The summed E-state index contributed by atoms with van der Waals surface area (Å²) in [5.41, 5.74) is 3.08. The third kappa shape index (κ3) is 2.58. The summed E-state index contributed by atoms with van der Waals surface area (Å²) in [5.74, 6) is 3.28. The Morgan fingerprint density at radius 2 is 2.00 bits per heavy atom. The molecule has 0 bridgehead atoms. The first-order valence-corrected chi connectivity index (χ1v) is 8.80. The quantitative estimate of drug-likeness (QED) is 0.791. The maximum Gasteiger partial charge on any atom is 0.156 e. The highest BCUT2D eigenvalue weighted by molar-refractivity contribution is 6.08. The number of benzene rings is 1. The molecule has 1 aliphatic heterocycles. The topological polar surface area (TPSA) is 54.0 Å². The van der Waals surface area contributed by atoms with Crippen LogP contribution in [0.25, 0.3) is 21.9 Å². The van der Waals surface area contributed by atoms with E-state index in [9.17, 15) is 0 Å². The van der Waals surface area contributed by atoms with E-state index in [4.69, 9.17) is 4.74 Å². The van der Waals surface area contributed by atoms with Gasteiger partial charge in [0, 0.05) is 24.0 Å². The second kappa shape index (κ2) is 5.96. The number of hydrogen-bond acceptors (Lipinski definition) is 4. The average Bonchev–Trinajstić information content (AvgIpc) is 2.92. The van der Waals surface area contributed by atoms with Crippen molar-refractivity contribution in [3.8, 4) is 5.75 Å². The van der Waals surface area contributed by atoms with Crippen molar-refractivity contribution in [3.63, 3.8) is 0 Å². The summed E-state index contributed by atoms with van der Waals surface area (Å²) < 4.78 is 5.64. The Labute approximate surface area is 142 Å². The van der Waals surface area contributed by atoms with Crippen molar-refractivity contribution in [3.05, 3.63) is 24.5 Å². The van der Waals surface area contributed by atoms with Gasteiger partial charge in [-0.05, 0) is 43.4 Å². The number of nitrogens with one attached hydrogen (secondary N) is 1. The molecule has 24 heavy (non-hydrogen) atoms. The van der Waals surface area contributed by atoms with Crippen molar-refractivity contribution in [1.82, 2.24) is 15.0 Å². The second-order valence-corrected chi connectivity index (χ2v) is 7.04. The number of rotatable bonds is 3. The molecule has 1 aromatic carbocycles. The van der Waals surface area contributed by atoms with Gasteiger partial charge in [0.15, 0.2) is 5.82 Å². The number of fused-ring (bicyclic) bond motifs is 3. The van der Waals surface area contributed by atoms with Gasteiger partial charge >= 0.3 is 0 Å². The Morgan fingerprint density at radius 1 is 1.21 bits per heavy atom. The molecule has 3 heterocycles. The predicted octanol–water partition coefficient (Wildman–Crippen LogP) is 3.99. The number of piperidine rings is 1. The third-order valence-corrected chi connectivity index (χ3v) is 4.81. The molecule has 0 aliphatic carbocycles. The summed E-state index contributed by atoms with van der Waals surface area (Å²) in [6.45, 7) is 9.41. The van der Waals surface area contributed by atoms with Crippen LogP contribution in [0.15, 0.2) is 24.5 Å². The first-order valence-electron chi connectivity index (χ1n) is 8.80. The van der Waals surface area contributed by atoms with Gasteiger partial charge in [0.05, 0.1) is 6.61 Å². The minimum atomic E-state index is 0.664. The minimum absolute atomic E-state index is 0.664. The summed E-state index contributed by atoms with van der Waals surface area (Å²) in [4.78, 5) is 15.1. The zero-order chi connectivity index (χ0) is 16.7. The number of nitrogens with zero attached hydrogens (tertiary/aromatic N) is 3. The Kier molecular flexibility index (Phi) is 3.79. The monoisotopic (exact) mass is 324 g/mol. The predicted molar refractivity (Wildman–Crippen MR) is 97.7 cm³/mol. The molecule has 1 saturated heterocycles. The van der Waals surface area contributed by atoms with Crippen LogP contribution in [0, 0.1) is 11.8 Å². The molecule has 5 heteroatoms. The summed E-state index contributed by atoms with van der Waals surface area (Å²) in [5, 5.41) is 1.10. The van der Waals surface area contributed by atoms with Crippen LogP contribution in [0.3, 0.4) is 0 Å². The molecular weight excluding hydrogens is 300 g/mol. The molecule has 0 amide bonds. The van der Waals surface area contributed by atoms with E-state index in [0.29, 0.717) is 18.4 Å². The Hall–Kier alpha value is -2.30. The van der Waals surface area contributed by atoms with Gasteiger partial charge in [-0.1, -0.05) is 13.8 Å². The summed E-state index contributed by atoms with van der Waals surface area (Å²) in [6.07, 6.45) is 2.97. The molecular formula is C19H24N4O. The molecule has 0 saturated carbocycles. The number of aromatic nitrogens is 3. The number of aromatic amines is 1. The Balaban J connectivity index is 1.83. The smallest absolute Gasteiger partial charge is 0.156 e. The van der Waals surface area contributed by atoms with E-state index in [1.54, 1.807) is 6.33 Å². The number of H-pyrrole nitrogens is 1. The number of ether oxygens (including phenoxy) is 1. The van der Waals surface area contributed by atoms with E-state index in [1.165, 1.54) is 6.42 Å². The van der Waals surface area contributed by atoms with Gasteiger partial charge in [-0.15, -0.1) is 0 Å². The van der Waals surface area contributed by atoms with Gasteiger partial charge in [0.2, 0.25) is 0 Å².